The van der Waals surface area contributed by atoms with Crippen molar-refractivity contribution in [3.05, 3.63) is 34.8 Å². The zero-order valence-electron chi connectivity index (χ0n) is 10.5. The van der Waals surface area contributed by atoms with Gasteiger partial charge in [0.05, 0.1) is 0 Å². The van der Waals surface area contributed by atoms with Crippen LogP contribution in [-0.4, -0.2) is 32.3 Å². The number of fused-ring (bicyclic) bond motifs is 1. The maximum atomic E-state index is 11.5. The van der Waals surface area contributed by atoms with Crippen LogP contribution in [0.2, 0.25) is 0 Å². The fourth-order valence-corrected chi connectivity index (χ4v) is 5.01. The summed E-state index contributed by atoms with van der Waals surface area (Å²) in [5.41, 5.74) is 0. The molecule has 0 saturated carbocycles. The quantitative estimate of drug-likeness (QED) is 0.624. The van der Waals surface area contributed by atoms with Gasteiger partial charge in [0.15, 0.2) is 0 Å². The summed E-state index contributed by atoms with van der Waals surface area (Å²) < 4.78 is 7.90. The van der Waals surface area contributed by atoms with Crippen molar-refractivity contribution >= 4 is 41.9 Å². The molecule has 2 aromatic rings. The Bertz CT molecular complexity index is 502. The molecule has 0 spiro atoms. The SMILES string of the molecule is CCOC(=O)C(C)SCc1cc2ccccc2[se]1. The first-order chi connectivity index (χ1) is 8.70. The number of hydrogen-bond donors (Lipinski definition) is 0. The van der Waals surface area contributed by atoms with E-state index in [-0.39, 0.29) is 11.2 Å². The van der Waals surface area contributed by atoms with Crippen LogP contribution in [0.4, 0.5) is 0 Å². The first-order valence-electron chi connectivity index (χ1n) is 5.96. The number of benzene rings is 1. The summed E-state index contributed by atoms with van der Waals surface area (Å²) in [5, 5.41) is 1.27. The second-order valence-corrected chi connectivity index (χ2v) is 7.74. The fourth-order valence-electron chi connectivity index (χ4n) is 1.64. The van der Waals surface area contributed by atoms with Gasteiger partial charge in [0.25, 0.3) is 0 Å². The van der Waals surface area contributed by atoms with Gasteiger partial charge in [-0.1, -0.05) is 0 Å². The molecule has 0 amide bonds. The van der Waals surface area contributed by atoms with Crippen LogP contribution in [0.3, 0.4) is 0 Å². The van der Waals surface area contributed by atoms with Crippen molar-refractivity contribution in [1.82, 2.24) is 0 Å². The van der Waals surface area contributed by atoms with Crippen LogP contribution in [0, 0.1) is 0 Å². The first-order valence-corrected chi connectivity index (χ1v) is 8.72. The zero-order chi connectivity index (χ0) is 13.0. The summed E-state index contributed by atoms with van der Waals surface area (Å²) in [7, 11) is 0. The van der Waals surface area contributed by atoms with E-state index < -0.39 is 0 Å². The van der Waals surface area contributed by atoms with Crippen LogP contribution in [0.1, 0.15) is 18.3 Å². The molecule has 1 aromatic heterocycles. The van der Waals surface area contributed by atoms with Gasteiger partial charge in [-0.05, 0) is 0 Å². The third-order valence-electron chi connectivity index (χ3n) is 2.57. The molecular weight excluding hydrogens is 311 g/mol. The number of rotatable bonds is 5. The van der Waals surface area contributed by atoms with Crippen molar-refractivity contribution in [2.75, 3.05) is 6.61 Å². The molecule has 18 heavy (non-hydrogen) atoms. The molecular formula is C14H16O2SSe. The predicted octanol–water partition coefficient (Wildman–Crippen LogP) is 3.08. The topological polar surface area (TPSA) is 26.3 Å². The summed E-state index contributed by atoms with van der Waals surface area (Å²) >= 11 is 2.09. The van der Waals surface area contributed by atoms with Crippen molar-refractivity contribution in [2.45, 2.75) is 24.9 Å². The Morgan fingerprint density at radius 2 is 2.22 bits per heavy atom. The molecule has 0 fully saturated rings. The van der Waals surface area contributed by atoms with E-state index in [4.69, 9.17) is 4.74 Å². The molecule has 0 N–H and O–H groups in total. The molecule has 0 bridgehead atoms. The fraction of sp³-hybridized carbons (Fsp3) is 0.357. The second-order valence-electron chi connectivity index (χ2n) is 3.96. The Kier molecular flexibility index (Phi) is 4.93. The van der Waals surface area contributed by atoms with E-state index in [9.17, 15) is 4.79 Å². The van der Waals surface area contributed by atoms with Gasteiger partial charge in [0, 0.05) is 0 Å². The van der Waals surface area contributed by atoms with E-state index in [1.807, 2.05) is 13.8 Å². The molecule has 0 aliphatic rings. The summed E-state index contributed by atoms with van der Waals surface area (Å²) in [6, 6.07) is 10.8. The Labute approximate surface area is 117 Å². The minimum atomic E-state index is -0.105. The number of carbonyl (C=O) groups excluding carboxylic acids is 1. The normalized spacial score (nSPS) is 12.6. The van der Waals surface area contributed by atoms with Crippen LogP contribution in [0.15, 0.2) is 30.3 Å². The average molecular weight is 327 g/mol. The number of hydrogen-bond acceptors (Lipinski definition) is 3. The van der Waals surface area contributed by atoms with Crippen LogP contribution in [-0.2, 0) is 15.3 Å². The first kappa shape index (κ1) is 13.7. The molecule has 0 aliphatic heterocycles. The average Bonchev–Trinajstić information content (AvgIpc) is 2.78. The van der Waals surface area contributed by atoms with Gasteiger partial charge in [-0.25, -0.2) is 0 Å². The monoisotopic (exact) mass is 328 g/mol. The molecule has 2 rings (SSSR count). The van der Waals surface area contributed by atoms with E-state index in [1.165, 1.54) is 14.1 Å². The molecule has 0 aliphatic carbocycles. The van der Waals surface area contributed by atoms with Crippen molar-refractivity contribution in [3.63, 3.8) is 0 Å². The molecule has 4 heteroatoms. The molecule has 0 radical (unpaired) electrons. The number of thioether (sulfide) groups is 1. The predicted molar refractivity (Wildman–Crippen MR) is 78.3 cm³/mol. The van der Waals surface area contributed by atoms with Gasteiger partial charge < -0.3 is 0 Å². The summed E-state index contributed by atoms with van der Waals surface area (Å²) in [6.07, 6.45) is 0. The molecule has 96 valence electrons. The van der Waals surface area contributed by atoms with Gasteiger partial charge in [0.1, 0.15) is 0 Å². The molecule has 1 aromatic carbocycles. The summed E-state index contributed by atoms with van der Waals surface area (Å²) in [5.74, 6) is 0.820. The van der Waals surface area contributed by atoms with E-state index in [0.29, 0.717) is 21.1 Å². The van der Waals surface area contributed by atoms with E-state index in [2.05, 4.69) is 30.3 Å². The Morgan fingerprint density at radius 3 is 2.94 bits per heavy atom. The Morgan fingerprint density at radius 1 is 1.44 bits per heavy atom. The second kappa shape index (κ2) is 6.46. The van der Waals surface area contributed by atoms with Gasteiger partial charge in [-0.15, -0.1) is 0 Å². The van der Waals surface area contributed by atoms with Gasteiger partial charge in [-0.3, -0.25) is 0 Å². The minimum absolute atomic E-state index is 0.0784. The molecule has 2 nitrogen and oxygen atoms in total. The summed E-state index contributed by atoms with van der Waals surface area (Å²) in [4.78, 5) is 11.5. The van der Waals surface area contributed by atoms with Crippen molar-refractivity contribution in [3.8, 4) is 0 Å². The van der Waals surface area contributed by atoms with Crippen molar-refractivity contribution in [1.29, 1.82) is 0 Å². The van der Waals surface area contributed by atoms with Crippen LogP contribution < -0.4 is 0 Å². The Balaban J connectivity index is 1.95. The van der Waals surface area contributed by atoms with Gasteiger partial charge >= 0.3 is 118 Å². The van der Waals surface area contributed by atoms with Crippen LogP contribution >= 0.6 is 11.8 Å². The van der Waals surface area contributed by atoms with E-state index >= 15 is 0 Å². The Hall–Kier alpha value is -0.701. The van der Waals surface area contributed by atoms with E-state index in [1.54, 1.807) is 11.8 Å². The number of carbonyl (C=O) groups is 1. The number of ether oxygens (including phenoxy) is 1. The molecule has 1 atom stereocenters. The van der Waals surface area contributed by atoms with E-state index in [0.717, 1.165) is 5.75 Å². The van der Waals surface area contributed by atoms with Gasteiger partial charge in [-0.2, -0.15) is 0 Å². The van der Waals surface area contributed by atoms with Crippen LogP contribution in [0.5, 0.6) is 0 Å². The zero-order valence-corrected chi connectivity index (χ0v) is 13.0. The molecule has 1 unspecified atom stereocenters. The van der Waals surface area contributed by atoms with Crippen molar-refractivity contribution < 1.29 is 9.53 Å². The van der Waals surface area contributed by atoms with Crippen LogP contribution in [0.25, 0.3) is 9.65 Å². The van der Waals surface area contributed by atoms with Crippen molar-refractivity contribution in [2.24, 2.45) is 0 Å². The van der Waals surface area contributed by atoms with Gasteiger partial charge in [0.2, 0.25) is 0 Å². The third-order valence-corrected chi connectivity index (χ3v) is 6.49. The molecule has 1 heterocycles. The molecule has 0 saturated heterocycles. The standard InChI is InChI=1S/C14H16O2SSe/c1-3-16-14(15)10(2)17-9-12-8-11-6-4-5-7-13(11)18-12/h4-8,10H,3,9H2,1-2H3. The summed E-state index contributed by atoms with van der Waals surface area (Å²) in [6.45, 7) is 4.22. The number of esters is 1. The third kappa shape index (κ3) is 3.41. The maximum absolute atomic E-state index is 11.5.